The largest absolute Gasteiger partial charge is 0.398 e. The number of nitrogen functional groups attached to an aromatic ring is 1. The highest BCUT2D eigenvalue weighted by Crippen LogP contribution is 2.25. The molecule has 1 atom stereocenters. The molecule has 3 N–H and O–H groups in total. The van der Waals surface area contributed by atoms with E-state index in [-0.39, 0.29) is 17.7 Å². The Morgan fingerprint density at radius 3 is 2.74 bits per heavy atom. The van der Waals surface area contributed by atoms with Crippen molar-refractivity contribution in [3.05, 3.63) is 23.8 Å². The van der Waals surface area contributed by atoms with E-state index in [2.05, 4.69) is 10.2 Å². The third kappa shape index (κ3) is 3.05. The minimum atomic E-state index is -0.0306. The standard InChI is InChI=1S/C14H19N3O2/c1-9(18)13-7-12(3-4-14(13)15)17-6-5-11(8-17)16-10(2)19/h3-4,7,11H,5-6,8,15H2,1-2H3,(H,16,19). The second-order valence-corrected chi connectivity index (χ2v) is 4.96. The predicted octanol–water partition coefficient (Wildman–Crippen LogP) is 1.19. The van der Waals surface area contributed by atoms with E-state index in [4.69, 9.17) is 5.73 Å². The Morgan fingerprint density at radius 2 is 2.11 bits per heavy atom. The average Bonchev–Trinajstić information content (AvgIpc) is 2.76. The van der Waals surface area contributed by atoms with Crippen molar-refractivity contribution < 1.29 is 9.59 Å². The summed E-state index contributed by atoms with van der Waals surface area (Å²) in [6.45, 7) is 4.67. The van der Waals surface area contributed by atoms with Crippen molar-refractivity contribution in [1.29, 1.82) is 0 Å². The van der Waals surface area contributed by atoms with E-state index in [9.17, 15) is 9.59 Å². The molecule has 1 aliphatic heterocycles. The molecule has 5 heteroatoms. The van der Waals surface area contributed by atoms with Crippen molar-refractivity contribution in [2.45, 2.75) is 26.3 Å². The lowest BCUT2D eigenvalue weighted by Crippen LogP contribution is -2.35. The molecular weight excluding hydrogens is 242 g/mol. The fraction of sp³-hybridized carbons (Fsp3) is 0.429. The van der Waals surface area contributed by atoms with Gasteiger partial charge >= 0.3 is 0 Å². The molecule has 0 radical (unpaired) electrons. The lowest BCUT2D eigenvalue weighted by Gasteiger charge is -2.20. The van der Waals surface area contributed by atoms with Crippen LogP contribution in [0.3, 0.4) is 0 Å². The summed E-state index contributed by atoms with van der Waals surface area (Å²) < 4.78 is 0. The smallest absolute Gasteiger partial charge is 0.217 e. The molecule has 1 fully saturated rings. The molecule has 5 nitrogen and oxygen atoms in total. The molecular formula is C14H19N3O2. The predicted molar refractivity (Wildman–Crippen MR) is 75.3 cm³/mol. The van der Waals surface area contributed by atoms with Crippen LogP contribution in [0.25, 0.3) is 0 Å². The van der Waals surface area contributed by atoms with Gasteiger partial charge in [-0.1, -0.05) is 0 Å². The Kier molecular flexibility index (Phi) is 3.74. The number of Topliss-reactive ketones (excluding diaryl/α,β-unsaturated/α-hetero) is 1. The molecule has 1 amide bonds. The molecule has 19 heavy (non-hydrogen) atoms. The Bertz CT molecular complexity index is 513. The summed E-state index contributed by atoms with van der Waals surface area (Å²) in [5.41, 5.74) is 7.83. The number of hydrogen-bond donors (Lipinski definition) is 2. The van der Waals surface area contributed by atoms with E-state index >= 15 is 0 Å². The monoisotopic (exact) mass is 261 g/mol. The SMILES string of the molecule is CC(=O)NC1CCN(c2ccc(N)c(C(C)=O)c2)C1. The van der Waals surface area contributed by atoms with Crippen molar-refractivity contribution in [1.82, 2.24) is 5.32 Å². The average molecular weight is 261 g/mol. The van der Waals surface area contributed by atoms with Crippen molar-refractivity contribution in [3.63, 3.8) is 0 Å². The number of nitrogens with one attached hydrogen (secondary N) is 1. The van der Waals surface area contributed by atoms with Gasteiger partial charge in [-0.3, -0.25) is 9.59 Å². The minimum absolute atomic E-state index is 0.00594. The molecule has 1 heterocycles. The van der Waals surface area contributed by atoms with E-state index in [0.29, 0.717) is 11.3 Å². The Hall–Kier alpha value is -2.04. The van der Waals surface area contributed by atoms with Crippen molar-refractivity contribution in [3.8, 4) is 0 Å². The number of nitrogens with zero attached hydrogens (tertiary/aromatic N) is 1. The number of carbonyl (C=O) groups excluding carboxylic acids is 2. The van der Waals surface area contributed by atoms with Crippen LogP contribution in [0.1, 0.15) is 30.6 Å². The zero-order valence-corrected chi connectivity index (χ0v) is 11.3. The summed E-state index contributed by atoms with van der Waals surface area (Å²) >= 11 is 0. The molecule has 0 aliphatic carbocycles. The first-order chi connectivity index (χ1) is 8.97. The molecule has 0 bridgehead atoms. The van der Waals surface area contributed by atoms with Crippen LogP contribution < -0.4 is 16.0 Å². The van der Waals surface area contributed by atoms with E-state index in [0.717, 1.165) is 25.2 Å². The lowest BCUT2D eigenvalue weighted by atomic mass is 10.1. The second kappa shape index (κ2) is 5.30. The topological polar surface area (TPSA) is 75.4 Å². The van der Waals surface area contributed by atoms with Crippen molar-refractivity contribution in [2.24, 2.45) is 0 Å². The van der Waals surface area contributed by atoms with E-state index in [1.165, 1.54) is 13.8 Å². The van der Waals surface area contributed by atoms with Crippen LogP contribution in [-0.4, -0.2) is 30.8 Å². The zero-order valence-electron chi connectivity index (χ0n) is 11.3. The quantitative estimate of drug-likeness (QED) is 0.633. The molecule has 1 aromatic carbocycles. The summed E-state index contributed by atoms with van der Waals surface area (Å²) in [5.74, 6) is -0.0365. The molecule has 2 rings (SSSR count). The Morgan fingerprint density at radius 1 is 1.37 bits per heavy atom. The molecule has 1 aliphatic rings. The van der Waals surface area contributed by atoms with Crippen molar-refractivity contribution in [2.75, 3.05) is 23.7 Å². The van der Waals surface area contributed by atoms with Gasteiger partial charge < -0.3 is 16.0 Å². The highest BCUT2D eigenvalue weighted by molar-refractivity contribution is 6.00. The number of amides is 1. The number of ketones is 1. The Balaban J connectivity index is 2.13. The molecule has 1 aromatic rings. The third-order valence-corrected chi connectivity index (χ3v) is 3.38. The highest BCUT2D eigenvalue weighted by atomic mass is 16.1. The van der Waals surface area contributed by atoms with Gasteiger partial charge in [0.15, 0.2) is 5.78 Å². The summed E-state index contributed by atoms with van der Waals surface area (Å²) in [6, 6.07) is 5.68. The minimum Gasteiger partial charge on any atom is -0.398 e. The van der Waals surface area contributed by atoms with Gasteiger partial charge in [0.1, 0.15) is 0 Å². The molecule has 0 spiro atoms. The molecule has 102 valence electrons. The van der Waals surface area contributed by atoms with Crippen molar-refractivity contribution >= 4 is 23.1 Å². The summed E-state index contributed by atoms with van der Waals surface area (Å²) in [6.07, 6.45) is 0.916. The zero-order chi connectivity index (χ0) is 14.0. The van der Waals surface area contributed by atoms with Gasteiger partial charge in [0.05, 0.1) is 0 Å². The maximum Gasteiger partial charge on any atom is 0.217 e. The molecule has 0 saturated carbocycles. The van der Waals surface area contributed by atoms with Crippen LogP contribution in [0.2, 0.25) is 0 Å². The first-order valence-electron chi connectivity index (χ1n) is 6.40. The van der Waals surface area contributed by atoms with Gasteiger partial charge in [-0.15, -0.1) is 0 Å². The van der Waals surface area contributed by atoms with Crippen LogP contribution in [0.5, 0.6) is 0 Å². The number of benzene rings is 1. The number of nitrogens with two attached hydrogens (primary N) is 1. The number of rotatable bonds is 3. The third-order valence-electron chi connectivity index (χ3n) is 3.38. The summed E-state index contributed by atoms with van der Waals surface area (Å²) in [7, 11) is 0. The van der Waals surface area contributed by atoms with Crippen LogP contribution in [0, 0.1) is 0 Å². The number of anilines is 2. The maximum absolute atomic E-state index is 11.5. The first-order valence-corrected chi connectivity index (χ1v) is 6.40. The van der Waals surface area contributed by atoms with Gasteiger partial charge in [0.2, 0.25) is 5.91 Å². The van der Waals surface area contributed by atoms with Crippen LogP contribution >= 0.6 is 0 Å². The molecule has 1 saturated heterocycles. The van der Waals surface area contributed by atoms with Gasteiger partial charge in [-0.25, -0.2) is 0 Å². The fourth-order valence-corrected chi connectivity index (χ4v) is 2.45. The van der Waals surface area contributed by atoms with Gasteiger partial charge in [-0.05, 0) is 31.5 Å². The van der Waals surface area contributed by atoms with Gasteiger partial charge in [0, 0.05) is 43.0 Å². The summed E-state index contributed by atoms with van der Waals surface area (Å²) in [4.78, 5) is 24.7. The van der Waals surface area contributed by atoms with Crippen LogP contribution in [0.15, 0.2) is 18.2 Å². The van der Waals surface area contributed by atoms with E-state index < -0.39 is 0 Å². The van der Waals surface area contributed by atoms with Crippen LogP contribution in [0.4, 0.5) is 11.4 Å². The van der Waals surface area contributed by atoms with E-state index in [1.54, 1.807) is 6.07 Å². The van der Waals surface area contributed by atoms with Gasteiger partial charge in [-0.2, -0.15) is 0 Å². The number of carbonyl (C=O) groups is 2. The first kappa shape index (κ1) is 13.4. The highest BCUT2D eigenvalue weighted by Gasteiger charge is 2.23. The Labute approximate surface area is 112 Å². The van der Waals surface area contributed by atoms with Gasteiger partial charge in [0.25, 0.3) is 0 Å². The number of hydrogen-bond acceptors (Lipinski definition) is 4. The second-order valence-electron chi connectivity index (χ2n) is 4.96. The van der Waals surface area contributed by atoms with E-state index in [1.807, 2.05) is 12.1 Å². The molecule has 0 aromatic heterocycles. The molecule has 1 unspecified atom stereocenters. The lowest BCUT2D eigenvalue weighted by molar-refractivity contribution is -0.119. The normalized spacial score (nSPS) is 18.4. The summed E-state index contributed by atoms with van der Waals surface area (Å²) in [5, 5.41) is 2.92. The maximum atomic E-state index is 11.5. The van der Waals surface area contributed by atoms with Crippen LogP contribution in [-0.2, 0) is 4.79 Å². The fourth-order valence-electron chi connectivity index (χ4n) is 2.45.